The Labute approximate surface area is 171 Å². The Bertz CT molecular complexity index is 1070. The highest BCUT2D eigenvalue weighted by molar-refractivity contribution is 6.06. The second kappa shape index (κ2) is 7.66. The summed E-state index contributed by atoms with van der Waals surface area (Å²) in [5.41, 5.74) is 6.70. The number of amides is 1. The van der Waals surface area contributed by atoms with Gasteiger partial charge in [-0.1, -0.05) is 50.2 Å². The minimum Gasteiger partial charge on any atom is -0.324 e. The molecule has 1 amide bonds. The second-order valence-corrected chi connectivity index (χ2v) is 7.87. The van der Waals surface area contributed by atoms with E-state index in [1.54, 1.807) is 6.07 Å². The Balaban J connectivity index is 1.67. The van der Waals surface area contributed by atoms with Gasteiger partial charge in [-0.25, -0.2) is 9.97 Å². The van der Waals surface area contributed by atoms with Crippen LogP contribution in [0.1, 0.15) is 52.6 Å². The van der Waals surface area contributed by atoms with Crippen LogP contribution in [-0.2, 0) is 6.42 Å². The summed E-state index contributed by atoms with van der Waals surface area (Å²) in [4.78, 5) is 24.1. The van der Waals surface area contributed by atoms with Gasteiger partial charge < -0.3 is 10.2 Å². The average Bonchev–Trinajstić information content (AvgIpc) is 3.12. The number of rotatable bonds is 4. The van der Waals surface area contributed by atoms with Crippen LogP contribution in [0.15, 0.2) is 48.5 Å². The summed E-state index contributed by atoms with van der Waals surface area (Å²) in [7, 11) is 0. The number of nitrogens with one attached hydrogen (secondary N) is 1. The molecule has 0 spiro atoms. The number of hydrogen-bond donors (Lipinski definition) is 1. The fourth-order valence-electron chi connectivity index (χ4n) is 3.88. The van der Waals surface area contributed by atoms with Crippen LogP contribution in [0.2, 0.25) is 0 Å². The summed E-state index contributed by atoms with van der Waals surface area (Å²) in [5.74, 6) is 0.735. The van der Waals surface area contributed by atoms with Crippen LogP contribution in [0.25, 0.3) is 0 Å². The van der Waals surface area contributed by atoms with Crippen LogP contribution >= 0.6 is 0 Å². The normalized spacial score (nSPS) is 12.9. The van der Waals surface area contributed by atoms with Crippen molar-refractivity contribution in [3.63, 3.8) is 0 Å². The first-order valence-corrected chi connectivity index (χ1v) is 10.1. The van der Waals surface area contributed by atoms with Gasteiger partial charge in [-0.15, -0.1) is 0 Å². The molecule has 4 rings (SSSR count). The largest absolute Gasteiger partial charge is 0.324 e. The van der Waals surface area contributed by atoms with Crippen molar-refractivity contribution in [3.8, 4) is 0 Å². The molecule has 0 atom stereocenters. The highest BCUT2D eigenvalue weighted by Gasteiger charge is 2.26. The van der Waals surface area contributed by atoms with Crippen molar-refractivity contribution in [1.29, 1.82) is 0 Å². The van der Waals surface area contributed by atoms with Crippen molar-refractivity contribution in [2.75, 3.05) is 16.8 Å². The molecule has 2 aromatic carbocycles. The Kier molecular flexibility index (Phi) is 5.05. The van der Waals surface area contributed by atoms with Crippen molar-refractivity contribution in [2.45, 2.75) is 40.0 Å². The van der Waals surface area contributed by atoms with Crippen LogP contribution in [0.3, 0.4) is 0 Å². The lowest BCUT2D eigenvalue weighted by Crippen LogP contribution is -2.30. The van der Waals surface area contributed by atoms with E-state index in [0.29, 0.717) is 24.1 Å². The molecule has 5 heteroatoms. The highest BCUT2D eigenvalue weighted by atomic mass is 16.2. The van der Waals surface area contributed by atoms with Gasteiger partial charge in [-0.05, 0) is 55.0 Å². The SMILES string of the molecule is Cc1cc(C(=O)N2CCc3ccccc32)nc(Nc2c(C)cccc2C(C)C)n1. The minimum atomic E-state index is -0.0858. The van der Waals surface area contributed by atoms with Gasteiger partial charge in [0.25, 0.3) is 5.91 Å². The molecular formula is C24H26N4O. The molecule has 5 nitrogen and oxygen atoms in total. The van der Waals surface area contributed by atoms with Crippen molar-refractivity contribution in [3.05, 3.63) is 76.6 Å². The summed E-state index contributed by atoms with van der Waals surface area (Å²) in [5, 5.41) is 3.38. The number of benzene rings is 2. The van der Waals surface area contributed by atoms with Crippen molar-refractivity contribution in [2.24, 2.45) is 0 Å². The Morgan fingerprint density at radius 2 is 1.86 bits per heavy atom. The van der Waals surface area contributed by atoms with E-state index in [9.17, 15) is 4.79 Å². The molecule has 0 aliphatic carbocycles. The first kappa shape index (κ1) is 19.1. The number of carbonyl (C=O) groups excluding carboxylic acids is 1. The number of nitrogens with zero attached hydrogens (tertiary/aromatic N) is 3. The number of anilines is 3. The van der Waals surface area contributed by atoms with E-state index >= 15 is 0 Å². The highest BCUT2D eigenvalue weighted by Crippen LogP contribution is 2.31. The van der Waals surface area contributed by atoms with E-state index in [1.807, 2.05) is 30.0 Å². The molecule has 1 N–H and O–H groups in total. The fourth-order valence-corrected chi connectivity index (χ4v) is 3.88. The third kappa shape index (κ3) is 3.73. The Hall–Kier alpha value is -3.21. The zero-order chi connectivity index (χ0) is 20.5. The molecule has 0 radical (unpaired) electrons. The zero-order valence-corrected chi connectivity index (χ0v) is 17.4. The molecule has 0 saturated heterocycles. The molecule has 0 unspecified atom stereocenters. The Morgan fingerprint density at radius 3 is 2.66 bits per heavy atom. The molecule has 2 heterocycles. The lowest BCUT2D eigenvalue weighted by Gasteiger charge is -2.19. The number of aryl methyl sites for hydroxylation is 2. The van der Waals surface area contributed by atoms with E-state index in [4.69, 9.17) is 0 Å². The van der Waals surface area contributed by atoms with Crippen LogP contribution in [0, 0.1) is 13.8 Å². The van der Waals surface area contributed by atoms with Crippen LogP contribution in [-0.4, -0.2) is 22.4 Å². The maximum absolute atomic E-state index is 13.2. The van der Waals surface area contributed by atoms with Gasteiger partial charge in [0.1, 0.15) is 5.69 Å². The van der Waals surface area contributed by atoms with E-state index in [2.05, 4.69) is 60.3 Å². The lowest BCUT2D eigenvalue weighted by atomic mass is 9.98. The number of hydrogen-bond acceptors (Lipinski definition) is 4. The molecule has 1 aliphatic rings. The molecule has 29 heavy (non-hydrogen) atoms. The van der Waals surface area contributed by atoms with Crippen molar-refractivity contribution in [1.82, 2.24) is 9.97 Å². The van der Waals surface area contributed by atoms with Gasteiger partial charge in [-0.3, -0.25) is 4.79 Å². The average molecular weight is 386 g/mol. The first-order chi connectivity index (χ1) is 13.9. The summed E-state index contributed by atoms with van der Waals surface area (Å²) in [6, 6.07) is 16.1. The third-order valence-corrected chi connectivity index (χ3v) is 5.37. The van der Waals surface area contributed by atoms with E-state index < -0.39 is 0 Å². The standard InChI is InChI=1S/C24H26N4O/c1-15(2)19-10-7-8-16(3)22(19)27-24-25-17(4)14-20(26-24)23(29)28-13-12-18-9-5-6-11-21(18)28/h5-11,14-15H,12-13H2,1-4H3,(H,25,26,27). The summed E-state index contributed by atoms with van der Waals surface area (Å²) in [6.45, 7) is 8.97. The van der Waals surface area contributed by atoms with Crippen LogP contribution < -0.4 is 10.2 Å². The van der Waals surface area contributed by atoms with Crippen molar-refractivity contribution < 1.29 is 4.79 Å². The van der Waals surface area contributed by atoms with Gasteiger partial charge in [0.2, 0.25) is 5.95 Å². The molecule has 0 bridgehead atoms. The molecular weight excluding hydrogens is 360 g/mol. The lowest BCUT2D eigenvalue weighted by molar-refractivity contribution is 0.0984. The smallest absolute Gasteiger partial charge is 0.277 e. The number of fused-ring (bicyclic) bond motifs is 1. The summed E-state index contributed by atoms with van der Waals surface area (Å²) >= 11 is 0. The molecule has 1 aliphatic heterocycles. The van der Waals surface area contributed by atoms with Gasteiger partial charge in [-0.2, -0.15) is 0 Å². The number of para-hydroxylation sites is 2. The number of carbonyl (C=O) groups is 1. The zero-order valence-electron chi connectivity index (χ0n) is 17.4. The van der Waals surface area contributed by atoms with Gasteiger partial charge in [0.05, 0.1) is 0 Å². The van der Waals surface area contributed by atoms with E-state index in [-0.39, 0.29) is 5.91 Å². The fraction of sp³-hybridized carbons (Fsp3) is 0.292. The van der Waals surface area contributed by atoms with Gasteiger partial charge in [0, 0.05) is 23.6 Å². The molecule has 1 aromatic heterocycles. The van der Waals surface area contributed by atoms with Gasteiger partial charge >= 0.3 is 0 Å². The first-order valence-electron chi connectivity index (χ1n) is 10.1. The van der Waals surface area contributed by atoms with E-state index in [0.717, 1.165) is 29.1 Å². The van der Waals surface area contributed by atoms with Crippen molar-refractivity contribution >= 4 is 23.2 Å². The number of aromatic nitrogens is 2. The maximum Gasteiger partial charge on any atom is 0.277 e. The molecule has 148 valence electrons. The molecule has 0 saturated carbocycles. The quantitative estimate of drug-likeness (QED) is 0.673. The predicted octanol–water partition coefficient (Wildman–Crippen LogP) is 5.16. The molecule has 0 fully saturated rings. The van der Waals surface area contributed by atoms with E-state index in [1.165, 1.54) is 11.1 Å². The van der Waals surface area contributed by atoms with Crippen LogP contribution in [0.5, 0.6) is 0 Å². The summed E-state index contributed by atoms with van der Waals surface area (Å²) < 4.78 is 0. The van der Waals surface area contributed by atoms with Crippen LogP contribution in [0.4, 0.5) is 17.3 Å². The third-order valence-electron chi connectivity index (χ3n) is 5.37. The topological polar surface area (TPSA) is 58.1 Å². The minimum absolute atomic E-state index is 0.0858. The van der Waals surface area contributed by atoms with Gasteiger partial charge in [0.15, 0.2) is 0 Å². The predicted molar refractivity (Wildman–Crippen MR) is 117 cm³/mol. The maximum atomic E-state index is 13.2. The monoisotopic (exact) mass is 386 g/mol. The molecule has 3 aromatic rings. The summed E-state index contributed by atoms with van der Waals surface area (Å²) in [6.07, 6.45) is 0.873. The second-order valence-electron chi connectivity index (χ2n) is 7.87. The Morgan fingerprint density at radius 1 is 1.07 bits per heavy atom.